The summed E-state index contributed by atoms with van der Waals surface area (Å²) in [6, 6.07) is 3.75. The van der Waals surface area contributed by atoms with E-state index in [0.717, 1.165) is 11.4 Å². The molecule has 0 amide bonds. The fraction of sp³-hybridized carbons (Fsp3) is 0. The van der Waals surface area contributed by atoms with Crippen LogP contribution in [0, 0.1) is 0 Å². The van der Waals surface area contributed by atoms with Crippen molar-refractivity contribution in [2.45, 2.75) is 0 Å². The lowest BCUT2D eigenvalue weighted by molar-refractivity contribution is 1.27. The fourth-order valence-electron chi connectivity index (χ4n) is 0.992. The molecule has 2 aromatic rings. The van der Waals surface area contributed by atoms with Gasteiger partial charge in [-0.1, -0.05) is 0 Å². The van der Waals surface area contributed by atoms with Gasteiger partial charge in [-0.2, -0.15) is 0 Å². The number of imidazole rings is 1. The highest BCUT2D eigenvalue weighted by molar-refractivity contribution is 5.55. The van der Waals surface area contributed by atoms with Crippen LogP contribution in [0.2, 0.25) is 0 Å². The van der Waals surface area contributed by atoms with Gasteiger partial charge >= 0.3 is 0 Å². The second-order valence-electron chi connectivity index (χ2n) is 2.42. The van der Waals surface area contributed by atoms with E-state index in [1.807, 2.05) is 12.1 Å². The van der Waals surface area contributed by atoms with Gasteiger partial charge in [0.2, 0.25) is 0 Å². The van der Waals surface area contributed by atoms with Gasteiger partial charge in [-0.3, -0.25) is 4.98 Å². The lowest BCUT2D eigenvalue weighted by atomic mass is 10.3. The summed E-state index contributed by atoms with van der Waals surface area (Å²) in [5.41, 5.74) is 6.47. The molecule has 2 rings (SSSR count). The van der Waals surface area contributed by atoms with Crippen LogP contribution in [0.3, 0.4) is 0 Å². The van der Waals surface area contributed by atoms with E-state index >= 15 is 0 Å². The first-order valence-corrected chi connectivity index (χ1v) is 3.57. The smallest absolute Gasteiger partial charge is 0.139 e. The van der Waals surface area contributed by atoms with Gasteiger partial charge in [-0.15, -0.1) is 0 Å². The average Bonchev–Trinajstić information content (AvgIpc) is 2.54. The lowest BCUT2D eigenvalue weighted by Crippen LogP contribution is -1.83. The molecule has 0 atom stereocenters. The van der Waals surface area contributed by atoms with E-state index in [0.29, 0.717) is 5.82 Å². The topological polar surface area (TPSA) is 67.6 Å². The Morgan fingerprint density at radius 1 is 1.25 bits per heavy atom. The molecule has 0 aliphatic heterocycles. The molecule has 0 unspecified atom stereocenters. The van der Waals surface area contributed by atoms with E-state index in [-0.39, 0.29) is 0 Å². The number of pyridine rings is 1. The molecule has 0 aliphatic carbocycles. The van der Waals surface area contributed by atoms with Crippen molar-refractivity contribution in [1.29, 1.82) is 0 Å². The molecule has 0 aliphatic rings. The fourth-order valence-corrected chi connectivity index (χ4v) is 0.992. The third kappa shape index (κ3) is 1.14. The number of H-pyrrole nitrogens is 1. The maximum Gasteiger partial charge on any atom is 0.139 e. The van der Waals surface area contributed by atoms with Gasteiger partial charge in [0.1, 0.15) is 11.6 Å². The van der Waals surface area contributed by atoms with Crippen molar-refractivity contribution < 1.29 is 0 Å². The van der Waals surface area contributed by atoms with Crippen LogP contribution in [0.25, 0.3) is 11.4 Å². The zero-order chi connectivity index (χ0) is 8.39. The van der Waals surface area contributed by atoms with Gasteiger partial charge in [0.25, 0.3) is 0 Å². The molecule has 3 N–H and O–H groups in total. The zero-order valence-electron chi connectivity index (χ0n) is 6.36. The number of nitrogens with zero attached hydrogens (tertiary/aromatic N) is 2. The molecule has 2 aromatic heterocycles. The number of rotatable bonds is 1. The molecule has 0 saturated carbocycles. The van der Waals surface area contributed by atoms with E-state index in [1.54, 1.807) is 18.6 Å². The van der Waals surface area contributed by atoms with Crippen molar-refractivity contribution in [2.75, 3.05) is 5.73 Å². The van der Waals surface area contributed by atoms with Gasteiger partial charge < -0.3 is 10.7 Å². The normalized spacial score (nSPS) is 10.0. The van der Waals surface area contributed by atoms with Crippen molar-refractivity contribution >= 4 is 5.82 Å². The summed E-state index contributed by atoms with van der Waals surface area (Å²) < 4.78 is 0. The van der Waals surface area contributed by atoms with Crippen molar-refractivity contribution in [3.63, 3.8) is 0 Å². The Morgan fingerprint density at radius 3 is 2.58 bits per heavy atom. The molecule has 0 spiro atoms. The summed E-state index contributed by atoms with van der Waals surface area (Å²) in [7, 11) is 0. The third-order valence-electron chi connectivity index (χ3n) is 1.55. The quantitative estimate of drug-likeness (QED) is 0.655. The molecule has 0 radical (unpaired) electrons. The predicted molar refractivity (Wildman–Crippen MR) is 46.2 cm³/mol. The average molecular weight is 160 g/mol. The molecule has 4 nitrogen and oxygen atoms in total. The molecule has 12 heavy (non-hydrogen) atoms. The lowest BCUT2D eigenvalue weighted by Gasteiger charge is -1.92. The number of hydrogen-bond acceptors (Lipinski definition) is 3. The van der Waals surface area contributed by atoms with Crippen LogP contribution in [0.4, 0.5) is 5.82 Å². The Labute approximate surface area is 69.5 Å². The SMILES string of the molecule is Nc1cnc(-c2ccncc2)[nH]1. The summed E-state index contributed by atoms with van der Waals surface area (Å²) in [6.45, 7) is 0. The Bertz CT molecular complexity index is 366. The number of aromatic amines is 1. The Morgan fingerprint density at radius 2 is 2.00 bits per heavy atom. The number of anilines is 1. The van der Waals surface area contributed by atoms with Crippen LogP contribution >= 0.6 is 0 Å². The van der Waals surface area contributed by atoms with E-state index in [9.17, 15) is 0 Å². The van der Waals surface area contributed by atoms with Gasteiger partial charge in [-0.05, 0) is 12.1 Å². The van der Waals surface area contributed by atoms with Crippen LogP contribution in [-0.4, -0.2) is 15.0 Å². The van der Waals surface area contributed by atoms with Crippen LogP contribution < -0.4 is 5.73 Å². The van der Waals surface area contributed by atoms with Crippen molar-refractivity contribution in [3.05, 3.63) is 30.7 Å². The molecule has 0 aromatic carbocycles. The van der Waals surface area contributed by atoms with Gasteiger partial charge in [-0.25, -0.2) is 4.98 Å². The first kappa shape index (κ1) is 6.84. The Kier molecular flexibility index (Phi) is 1.51. The van der Waals surface area contributed by atoms with E-state index in [4.69, 9.17) is 5.73 Å². The van der Waals surface area contributed by atoms with E-state index < -0.39 is 0 Å². The second-order valence-corrected chi connectivity index (χ2v) is 2.42. The van der Waals surface area contributed by atoms with Crippen molar-refractivity contribution in [3.8, 4) is 11.4 Å². The highest BCUT2D eigenvalue weighted by atomic mass is 15.0. The number of nitrogens with two attached hydrogens (primary N) is 1. The number of hydrogen-bond donors (Lipinski definition) is 2. The van der Waals surface area contributed by atoms with Crippen LogP contribution in [0.5, 0.6) is 0 Å². The summed E-state index contributed by atoms with van der Waals surface area (Å²) in [5.74, 6) is 1.34. The van der Waals surface area contributed by atoms with E-state index in [2.05, 4.69) is 15.0 Å². The summed E-state index contributed by atoms with van der Waals surface area (Å²) in [6.07, 6.45) is 5.03. The van der Waals surface area contributed by atoms with Crippen molar-refractivity contribution in [2.24, 2.45) is 0 Å². The Balaban J connectivity index is 2.45. The third-order valence-corrected chi connectivity index (χ3v) is 1.55. The highest BCUT2D eigenvalue weighted by Gasteiger charge is 1.99. The van der Waals surface area contributed by atoms with Crippen LogP contribution in [0.1, 0.15) is 0 Å². The summed E-state index contributed by atoms with van der Waals surface area (Å²) >= 11 is 0. The van der Waals surface area contributed by atoms with Crippen LogP contribution in [0.15, 0.2) is 30.7 Å². The number of nitrogen functional groups attached to an aromatic ring is 1. The van der Waals surface area contributed by atoms with Gasteiger partial charge in [0.05, 0.1) is 6.20 Å². The monoisotopic (exact) mass is 160 g/mol. The standard InChI is InChI=1S/C8H8N4/c9-7-5-11-8(12-7)6-1-3-10-4-2-6/h1-5H,9H2,(H,11,12). The number of nitrogens with one attached hydrogen (secondary N) is 1. The Hall–Kier alpha value is -1.84. The molecule has 60 valence electrons. The molecular weight excluding hydrogens is 152 g/mol. The summed E-state index contributed by atoms with van der Waals surface area (Å²) in [4.78, 5) is 10.9. The molecule has 4 heteroatoms. The minimum Gasteiger partial charge on any atom is -0.384 e. The first-order valence-electron chi connectivity index (χ1n) is 3.57. The second kappa shape index (κ2) is 2.65. The van der Waals surface area contributed by atoms with Gasteiger partial charge in [0, 0.05) is 18.0 Å². The highest BCUT2D eigenvalue weighted by Crippen LogP contribution is 2.13. The first-order chi connectivity index (χ1) is 5.86. The van der Waals surface area contributed by atoms with Crippen molar-refractivity contribution in [1.82, 2.24) is 15.0 Å². The summed E-state index contributed by atoms with van der Waals surface area (Å²) in [5, 5.41) is 0. The predicted octanol–water partition coefficient (Wildman–Crippen LogP) is 1.05. The minimum atomic E-state index is 0.571. The zero-order valence-corrected chi connectivity index (χ0v) is 6.36. The van der Waals surface area contributed by atoms with Crippen LogP contribution in [-0.2, 0) is 0 Å². The maximum absolute atomic E-state index is 5.48. The maximum atomic E-state index is 5.48. The van der Waals surface area contributed by atoms with Gasteiger partial charge in [0.15, 0.2) is 0 Å². The molecule has 0 bridgehead atoms. The van der Waals surface area contributed by atoms with E-state index in [1.165, 1.54) is 0 Å². The molecule has 0 fully saturated rings. The molecular formula is C8H8N4. The largest absolute Gasteiger partial charge is 0.384 e. The minimum absolute atomic E-state index is 0.571. The number of aromatic nitrogens is 3. The molecule has 0 saturated heterocycles. The molecule has 2 heterocycles.